The van der Waals surface area contributed by atoms with Crippen molar-refractivity contribution in [2.45, 2.75) is 191 Å². The molecule has 6 aliphatic heterocycles. The number of carbonyl (C=O) groups excluding carboxylic acids is 1. The average molecular weight is 944 g/mol. The van der Waals surface area contributed by atoms with E-state index in [4.69, 9.17) is 56.9 Å². The summed E-state index contributed by atoms with van der Waals surface area (Å²) in [5.41, 5.74) is 0.130. The first-order valence-corrected chi connectivity index (χ1v) is 24.4. The molecule has 2 bridgehead atoms. The van der Waals surface area contributed by atoms with E-state index in [1.807, 2.05) is 39.0 Å². The van der Waals surface area contributed by atoms with E-state index >= 15 is 0 Å². The Kier molecular flexibility index (Phi) is 17.5. The zero-order chi connectivity index (χ0) is 48.2. The predicted molar refractivity (Wildman–Crippen MR) is 247 cm³/mol. The second-order valence-electron chi connectivity index (χ2n) is 19.7. The number of allylic oxidation sites excluding steroid dienone is 2. The van der Waals surface area contributed by atoms with E-state index in [1.165, 1.54) is 7.11 Å². The molecule has 16 nitrogen and oxygen atoms in total. The van der Waals surface area contributed by atoms with Gasteiger partial charge < -0.3 is 67.2 Å². The van der Waals surface area contributed by atoms with E-state index in [-0.39, 0.29) is 61.5 Å². The summed E-state index contributed by atoms with van der Waals surface area (Å²) < 4.78 is 70.7. The van der Waals surface area contributed by atoms with Crippen LogP contribution in [0.15, 0.2) is 64.4 Å². The molecule has 0 saturated carbocycles. The fourth-order valence-electron chi connectivity index (χ4n) is 11.0. The molecule has 7 aliphatic rings. The molecule has 20 atom stereocenters. The molecule has 0 radical (unpaired) electrons. The van der Waals surface area contributed by atoms with E-state index in [1.54, 1.807) is 39.5 Å². The number of fused-ring (bicyclic) bond motifs is 2. The van der Waals surface area contributed by atoms with Crippen LogP contribution in [-0.2, 0) is 61.7 Å². The van der Waals surface area contributed by atoms with Crippen LogP contribution in [0.2, 0.25) is 0 Å². The minimum Gasteiger partial charge on any atom is -0.462 e. The number of rotatable bonds is 12. The standard InChI is InChI=1S/C51H77NO15/c1-12-28(2)45-31(5)18-19-50(67-45)26-37-23-36(66-50)17-16-30(4)44(29(3)14-13-15-35-27-60-48-43(53)32(6)22-38(49(54)63-37)51(35,48)55)64-41-25-40(57-10)47(34(8)62-41)65-42-24-39(56-9)46(33(7)61-42)59-21-20-52-58-11/h13-16,18-20,22,28-29,31,33-34,36-48,53,55H,12,17,21,23-27H2,1-11H3/b14-13+,30-16+,35-15+,52-20+/t28?,29-,31-,33-,34-,36+,37-,38?,39-,40-,41-,42-,43+,44?,45+,46-,47?,48+,50+,51?/m0/s1. The fourth-order valence-corrected chi connectivity index (χ4v) is 11.0. The van der Waals surface area contributed by atoms with Crippen molar-refractivity contribution in [3.63, 3.8) is 0 Å². The van der Waals surface area contributed by atoms with Crippen LogP contribution in [-0.4, -0.2) is 154 Å². The molecule has 7 rings (SSSR count). The third-order valence-corrected chi connectivity index (χ3v) is 15.0. The Hall–Kier alpha value is -2.84. The summed E-state index contributed by atoms with van der Waals surface area (Å²) in [6, 6.07) is 0. The fraction of sp³-hybridized carbons (Fsp3) is 0.765. The van der Waals surface area contributed by atoms with Gasteiger partial charge in [0.05, 0.1) is 62.2 Å². The van der Waals surface area contributed by atoms with Crippen molar-refractivity contribution in [1.82, 2.24) is 0 Å². The Morgan fingerprint density at radius 1 is 0.910 bits per heavy atom. The number of aliphatic hydroxyl groups is 2. The van der Waals surface area contributed by atoms with Crippen molar-refractivity contribution in [3.8, 4) is 0 Å². The van der Waals surface area contributed by atoms with Gasteiger partial charge in [0.15, 0.2) is 18.4 Å². The molecule has 4 saturated heterocycles. The summed E-state index contributed by atoms with van der Waals surface area (Å²) in [5.74, 6) is -2.58. The summed E-state index contributed by atoms with van der Waals surface area (Å²) in [6.45, 7) is 16.5. The zero-order valence-corrected chi connectivity index (χ0v) is 41.3. The highest BCUT2D eigenvalue weighted by Crippen LogP contribution is 2.47. The van der Waals surface area contributed by atoms with Gasteiger partial charge in [-0.1, -0.05) is 75.7 Å². The van der Waals surface area contributed by atoms with E-state index in [0.717, 1.165) is 12.0 Å². The highest BCUT2D eigenvalue weighted by Gasteiger charge is 2.60. The summed E-state index contributed by atoms with van der Waals surface area (Å²) in [7, 11) is 4.79. The third kappa shape index (κ3) is 11.4. The smallest absolute Gasteiger partial charge is 0.316 e. The molecule has 1 spiro atoms. The van der Waals surface area contributed by atoms with Crippen LogP contribution < -0.4 is 0 Å². The molecule has 6 heterocycles. The first kappa shape index (κ1) is 52.0. The van der Waals surface area contributed by atoms with Gasteiger partial charge in [-0.2, -0.15) is 0 Å². The lowest BCUT2D eigenvalue weighted by molar-refractivity contribution is -0.320. The van der Waals surface area contributed by atoms with Crippen LogP contribution in [0.4, 0.5) is 0 Å². The van der Waals surface area contributed by atoms with Crippen molar-refractivity contribution < 1.29 is 72.0 Å². The lowest BCUT2D eigenvalue weighted by Crippen LogP contribution is -2.58. The molecular formula is C51H77NO15. The maximum Gasteiger partial charge on any atom is 0.316 e. The van der Waals surface area contributed by atoms with Gasteiger partial charge in [-0.25, -0.2) is 0 Å². The lowest BCUT2D eigenvalue weighted by atomic mass is 9.71. The van der Waals surface area contributed by atoms with E-state index in [9.17, 15) is 15.0 Å². The first-order valence-electron chi connectivity index (χ1n) is 24.4. The lowest BCUT2D eigenvalue weighted by Gasteiger charge is -2.48. The molecule has 4 fully saturated rings. The molecule has 5 unspecified atom stereocenters. The number of ether oxygens (including phenoxy) is 11. The number of carbonyl (C=O) groups is 1. The normalized spacial score (nSPS) is 46.4. The Morgan fingerprint density at radius 2 is 1.61 bits per heavy atom. The van der Waals surface area contributed by atoms with Crippen LogP contribution >= 0.6 is 0 Å². The quantitative estimate of drug-likeness (QED) is 0.100. The number of hydrogen-bond acceptors (Lipinski definition) is 16. The van der Waals surface area contributed by atoms with E-state index in [2.05, 4.69) is 45.0 Å². The third-order valence-electron chi connectivity index (χ3n) is 15.0. The summed E-state index contributed by atoms with van der Waals surface area (Å²) >= 11 is 0. The summed E-state index contributed by atoms with van der Waals surface area (Å²) in [4.78, 5) is 19.1. The van der Waals surface area contributed by atoms with Gasteiger partial charge in [-0.15, -0.1) is 0 Å². The summed E-state index contributed by atoms with van der Waals surface area (Å²) in [6.07, 6.45) is 10.9. The molecule has 0 aromatic carbocycles. The number of oxime groups is 1. The molecule has 1 aliphatic carbocycles. The van der Waals surface area contributed by atoms with Crippen LogP contribution in [0.25, 0.3) is 0 Å². The van der Waals surface area contributed by atoms with Crippen LogP contribution in [0.5, 0.6) is 0 Å². The van der Waals surface area contributed by atoms with Crippen LogP contribution in [0.1, 0.15) is 93.9 Å². The molecule has 0 aromatic heterocycles. The highest BCUT2D eigenvalue weighted by atomic mass is 16.7. The SMILES string of the molecule is CCC(C)[C@H]1O[C@]2(C=C[C@@H]1C)C[C@@H]1C[C@@H](C/C=C(\C)C(O[C@H]3C[C@H](OC)C(O[C@H]4C[C@H](OC)[C@@H](OC/C=N/OC)[C@H](C)O4)[C@H](C)O3)[C@@H](C)/C=C/C=C3\CO[C@@H]4[C@H](O)C(C)=CC(C(=O)O1)C34O)O2. The summed E-state index contributed by atoms with van der Waals surface area (Å²) in [5, 5.41) is 27.6. The van der Waals surface area contributed by atoms with Crippen molar-refractivity contribution in [2.24, 2.45) is 28.8 Å². The Bertz CT molecular complexity index is 1870. The average Bonchev–Trinajstić information content (AvgIpc) is 3.64. The Morgan fingerprint density at radius 3 is 2.31 bits per heavy atom. The monoisotopic (exact) mass is 944 g/mol. The van der Waals surface area contributed by atoms with E-state index in [0.29, 0.717) is 43.3 Å². The maximum atomic E-state index is 14.4. The van der Waals surface area contributed by atoms with Gasteiger partial charge in [-0.3, -0.25) is 4.79 Å². The first-order chi connectivity index (χ1) is 32.0. The second kappa shape index (κ2) is 22.5. The number of esters is 1. The highest BCUT2D eigenvalue weighted by molar-refractivity contribution is 5.78. The number of methoxy groups -OCH3 is 2. The van der Waals surface area contributed by atoms with Gasteiger partial charge in [0.25, 0.3) is 0 Å². The molecule has 67 heavy (non-hydrogen) atoms. The van der Waals surface area contributed by atoms with Gasteiger partial charge in [0.1, 0.15) is 49.1 Å². The molecule has 376 valence electrons. The predicted octanol–water partition coefficient (Wildman–Crippen LogP) is 6.03. The number of aliphatic hydroxyl groups excluding tert-OH is 1. The number of hydrogen-bond donors (Lipinski definition) is 2. The minimum atomic E-state index is -1.84. The second-order valence-corrected chi connectivity index (χ2v) is 19.7. The molecule has 2 N–H and O–H groups in total. The van der Waals surface area contributed by atoms with Gasteiger partial charge in [0.2, 0.25) is 0 Å². The molecule has 0 amide bonds. The largest absolute Gasteiger partial charge is 0.462 e. The van der Waals surface area contributed by atoms with Crippen LogP contribution in [0, 0.1) is 23.7 Å². The van der Waals surface area contributed by atoms with Gasteiger partial charge in [-0.05, 0) is 62.8 Å². The topological polar surface area (TPSA) is 181 Å². The minimum absolute atomic E-state index is 0.0297. The van der Waals surface area contributed by atoms with Crippen molar-refractivity contribution in [3.05, 3.63) is 59.3 Å². The van der Waals surface area contributed by atoms with E-state index < -0.39 is 78.6 Å². The molecule has 0 aromatic rings. The number of nitrogens with zero attached hydrogens (tertiary/aromatic N) is 1. The molecule has 16 heteroatoms. The van der Waals surface area contributed by atoms with Crippen LogP contribution in [0.3, 0.4) is 0 Å². The van der Waals surface area contributed by atoms with Crippen molar-refractivity contribution >= 4 is 12.2 Å². The Labute approximate surface area is 396 Å². The maximum absolute atomic E-state index is 14.4. The zero-order valence-electron chi connectivity index (χ0n) is 41.3. The van der Waals surface area contributed by atoms with Crippen molar-refractivity contribution in [1.29, 1.82) is 0 Å². The molecular weight excluding hydrogens is 867 g/mol. The van der Waals surface area contributed by atoms with Gasteiger partial charge in [0, 0.05) is 51.7 Å². The Balaban J connectivity index is 1.14. The van der Waals surface area contributed by atoms with Crippen molar-refractivity contribution in [2.75, 3.05) is 34.5 Å². The van der Waals surface area contributed by atoms with Gasteiger partial charge >= 0.3 is 5.97 Å².